The van der Waals surface area contributed by atoms with E-state index in [-0.39, 0.29) is 37.7 Å². The lowest BCUT2D eigenvalue weighted by atomic mass is 10.0. The van der Waals surface area contributed by atoms with E-state index in [9.17, 15) is 18.0 Å². The molecule has 0 spiro atoms. The molecule has 0 aromatic heterocycles. The molecule has 0 aliphatic carbocycles. The monoisotopic (exact) mass is 615 g/mol. The molecule has 0 heterocycles. The van der Waals surface area contributed by atoms with E-state index in [1.165, 1.54) is 11.4 Å². The van der Waals surface area contributed by atoms with Crippen molar-refractivity contribution < 1.29 is 22.7 Å². The van der Waals surface area contributed by atoms with Crippen LogP contribution in [0.3, 0.4) is 0 Å². The van der Waals surface area contributed by atoms with Gasteiger partial charge in [0.2, 0.25) is 21.8 Å². The second kappa shape index (κ2) is 14.1. The molecule has 1 N–H and O–H groups in total. The van der Waals surface area contributed by atoms with Crippen LogP contribution in [-0.2, 0) is 32.6 Å². The number of carbonyl (C=O) groups excluding carboxylic acids is 2. The predicted molar refractivity (Wildman–Crippen MR) is 157 cm³/mol. The summed E-state index contributed by atoms with van der Waals surface area (Å²) in [7, 11) is -0.602. The van der Waals surface area contributed by atoms with Gasteiger partial charge >= 0.3 is 0 Å². The fourth-order valence-corrected chi connectivity index (χ4v) is 5.79. The highest BCUT2D eigenvalue weighted by atomic mass is 79.9. The summed E-state index contributed by atoms with van der Waals surface area (Å²) in [6, 6.07) is 23.3. The molecule has 0 saturated carbocycles. The number of ether oxygens (including phenoxy) is 1. The molecule has 3 aromatic carbocycles. The molecule has 0 fully saturated rings. The second-order valence-electron chi connectivity index (χ2n) is 9.08. The van der Waals surface area contributed by atoms with E-state index in [4.69, 9.17) is 4.74 Å². The zero-order valence-electron chi connectivity index (χ0n) is 22.3. The first-order valence-electron chi connectivity index (χ1n) is 12.5. The SMILES string of the molecule is CNC(=O)C(Cc1ccccc1)N(Cc1cccc(Br)c1)C(=O)CCCN(c1ccccc1OC)S(C)(=O)=O. The van der Waals surface area contributed by atoms with Gasteiger partial charge in [0, 0.05) is 37.5 Å². The van der Waals surface area contributed by atoms with E-state index in [1.54, 1.807) is 36.2 Å². The Morgan fingerprint density at radius 2 is 1.64 bits per heavy atom. The first kappa shape index (κ1) is 30.2. The number of benzene rings is 3. The highest BCUT2D eigenvalue weighted by molar-refractivity contribution is 9.10. The third-order valence-corrected chi connectivity index (χ3v) is 7.94. The van der Waals surface area contributed by atoms with Gasteiger partial charge < -0.3 is 15.0 Å². The van der Waals surface area contributed by atoms with Gasteiger partial charge in [-0.1, -0.05) is 70.5 Å². The lowest BCUT2D eigenvalue weighted by Crippen LogP contribution is -2.49. The van der Waals surface area contributed by atoms with Gasteiger partial charge in [0.25, 0.3) is 0 Å². The quantitative estimate of drug-likeness (QED) is 0.308. The number of methoxy groups -OCH3 is 1. The molecule has 0 aliphatic rings. The van der Waals surface area contributed by atoms with Gasteiger partial charge in [-0.3, -0.25) is 13.9 Å². The van der Waals surface area contributed by atoms with Gasteiger partial charge in [-0.05, 0) is 41.8 Å². The zero-order chi connectivity index (χ0) is 28.4. The normalized spacial score (nSPS) is 11.9. The van der Waals surface area contributed by atoms with Crippen molar-refractivity contribution in [2.24, 2.45) is 0 Å². The maximum atomic E-state index is 13.7. The van der Waals surface area contributed by atoms with Gasteiger partial charge in [-0.2, -0.15) is 0 Å². The number of halogens is 1. The first-order valence-corrected chi connectivity index (χ1v) is 15.2. The van der Waals surface area contributed by atoms with E-state index in [0.717, 1.165) is 21.9 Å². The average Bonchev–Trinajstić information content (AvgIpc) is 2.92. The summed E-state index contributed by atoms with van der Waals surface area (Å²) in [6.45, 7) is 0.310. The van der Waals surface area contributed by atoms with Crippen LogP contribution in [0.4, 0.5) is 5.69 Å². The summed E-state index contributed by atoms with van der Waals surface area (Å²) in [6.07, 6.45) is 1.78. The molecule has 39 heavy (non-hydrogen) atoms. The Morgan fingerprint density at radius 1 is 0.974 bits per heavy atom. The predicted octanol–water partition coefficient (Wildman–Crippen LogP) is 4.39. The summed E-state index contributed by atoms with van der Waals surface area (Å²) in [5.41, 5.74) is 2.21. The topological polar surface area (TPSA) is 96.0 Å². The molecule has 0 aliphatic heterocycles. The summed E-state index contributed by atoms with van der Waals surface area (Å²) in [5, 5.41) is 2.70. The molecule has 3 rings (SSSR count). The van der Waals surface area contributed by atoms with Crippen LogP contribution in [0.2, 0.25) is 0 Å². The molecule has 0 saturated heterocycles. The van der Waals surface area contributed by atoms with Crippen molar-refractivity contribution in [3.8, 4) is 5.75 Å². The van der Waals surface area contributed by atoms with Gasteiger partial charge in [0.05, 0.1) is 19.1 Å². The number of hydrogen-bond donors (Lipinski definition) is 1. The van der Waals surface area contributed by atoms with Crippen LogP contribution in [0.25, 0.3) is 0 Å². The number of nitrogens with one attached hydrogen (secondary N) is 1. The molecule has 1 unspecified atom stereocenters. The van der Waals surface area contributed by atoms with Gasteiger partial charge in [-0.15, -0.1) is 0 Å². The molecule has 10 heteroatoms. The Hall–Kier alpha value is -3.37. The third kappa shape index (κ3) is 8.56. The number of para-hydroxylation sites is 2. The van der Waals surface area contributed by atoms with Gasteiger partial charge in [0.1, 0.15) is 11.8 Å². The molecule has 208 valence electrons. The van der Waals surface area contributed by atoms with Gasteiger partial charge in [0.15, 0.2) is 0 Å². The van der Waals surface area contributed by atoms with Gasteiger partial charge in [-0.25, -0.2) is 8.42 Å². The van der Waals surface area contributed by atoms with Crippen molar-refractivity contribution in [2.45, 2.75) is 31.8 Å². The Balaban J connectivity index is 1.86. The van der Waals surface area contributed by atoms with Crippen molar-refractivity contribution in [2.75, 3.05) is 31.3 Å². The lowest BCUT2D eigenvalue weighted by Gasteiger charge is -2.31. The van der Waals surface area contributed by atoms with E-state index in [0.29, 0.717) is 17.9 Å². The summed E-state index contributed by atoms with van der Waals surface area (Å²) in [4.78, 5) is 28.4. The second-order valence-corrected chi connectivity index (χ2v) is 11.9. The number of carbonyl (C=O) groups is 2. The van der Waals surface area contributed by atoms with E-state index < -0.39 is 16.1 Å². The Labute approximate surface area is 239 Å². The van der Waals surface area contributed by atoms with Crippen molar-refractivity contribution in [3.05, 3.63) is 94.5 Å². The molecular weight excluding hydrogens is 582 g/mol. The standard InChI is InChI=1S/C29H34BrN3O5S/c1-31-29(35)26(20-22-11-5-4-6-12-22)32(21-23-13-9-14-24(30)19-23)28(34)17-10-18-33(39(3,36)37)25-15-7-8-16-27(25)38-2/h4-9,11-16,19,26H,10,17-18,20-21H2,1-3H3,(H,31,35). The van der Waals surface area contributed by atoms with Crippen molar-refractivity contribution in [1.29, 1.82) is 0 Å². The minimum absolute atomic E-state index is 0.0530. The van der Waals surface area contributed by atoms with E-state index in [1.807, 2.05) is 54.6 Å². The molecule has 8 nitrogen and oxygen atoms in total. The van der Waals surface area contributed by atoms with Crippen LogP contribution < -0.4 is 14.4 Å². The maximum Gasteiger partial charge on any atom is 0.242 e. The number of nitrogens with zero attached hydrogens (tertiary/aromatic N) is 2. The fraction of sp³-hybridized carbons (Fsp3) is 0.310. The molecule has 1 atom stereocenters. The highest BCUT2D eigenvalue weighted by Crippen LogP contribution is 2.30. The van der Waals surface area contributed by atoms with Crippen LogP contribution in [0, 0.1) is 0 Å². The summed E-state index contributed by atoms with van der Waals surface area (Å²) < 4.78 is 32.8. The minimum Gasteiger partial charge on any atom is -0.495 e. The van der Waals surface area contributed by atoms with Crippen LogP contribution in [0.1, 0.15) is 24.0 Å². The average molecular weight is 617 g/mol. The Bertz CT molecular complexity index is 1370. The third-order valence-electron chi connectivity index (χ3n) is 6.27. The van der Waals surface area contributed by atoms with Crippen LogP contribution in [0.15, 0.2) is 83.3 Å². The molecular formula is C29H34BrN3O5S. The van der Waals surface area contributed by atoms with Crippen LogP contribution >= 0.6 is 15.9 Å². The highest BCUT2D eigenvalue weighted by Gasteiger charge is 2.30. The Kier molecular flexibility index (Phi) is 10.9. The molecule has 0 radical (unpaired) electrons. The van der Waals surface area contributed by atoms with E-state index >= 15 is 0 Å². The number of amides is 2. The van der Waals surface area contributed by atoms with Crippen molar-refractivity contribution >= 4 is 43.5 Å². The summed E-state index contributed by atoms with van der Waals surface area (Å²) >= 11 is 3.48. The maximum absolute atomic E-state index is 13.7. The number of anilines is 1. The fourth-order valence-electron chi connectivity index (χ4n) is 4.37. The number of hydrogen-bond acceptors (Lipinski definition) is 5. The number of likely N-dealkylation sites (N-methyl/N-ethyl adjacent to an activating group) is 1. The first-order chi connectivity index (χ1) is 18.6. The number of rotatable bonds is 13. The molecule has 3 aromatic rings. The van der Waals surface area contributed by atoms with Crippen molar-refractivity contribution in [3.63, 3.8) is 0 Å². The van der Waals surface area contributed by atoms with Crippen LogP contribution in [-0.4, -0.2) is 58.1 Å². The van der Waals surface area contributed by atoms with E-state index in [2.05, 4.69) is 21.2 Å². The lowest BCUT2D eigenvalue weighted by molar-refractivity contribution is -0.141. The zero-order valence-corrected chi connectivity index (χ0v) is 24.7. The molecule has 2 amide bonds. The Morgan fingerprint density at radius 3 is 2.28 bits per heavy atom. The number of sulfonamides is 1. The minimum atomic E-state index is -3.64. The summed E-state index contributed by atoms with van der Waals surface area (Å²) in [5.74, 6) is -0.0879. The van der Waals surface area contributed by atoms with Crippen molar-refractivity contribution in [1.82, 2.24) is 10.2 Å². The largest absolute Gasteiger partial charge is 0.495 e. The van der Waals surface area contributed by atoms with Crippen LogP contribution in [0.5, 0.6) is 5.75 Å². The molecule has 0 bridgehead atoms. The smallest absolute Gasteiger partial charge is 0.242 e.